The molecular formula is C16H23N. The van der Waals surface area contributed by atoms with Crippen LogP contribution < -0.4 is 5.32 Å². The molecular weight excluding hydrogens is 206 g/mol. The van der Waals surface area contributed by atoms with Crippen molar-refractivity contribution in [3.8, 4) is 0 Å². The first-order chi connectivity index (χ1) is 8.31. The Balaban J connectivity index is 1.78. The molecule has 3 atom stereocenters. The highest BCUT2D eigenvalue weighted by atomic mass is 14.9. The van der Waals surface area contributed by atoms with E-state index in [1.807, 2.05) is 0 Å². The van der Waals surface area contributed by atoms with Crippen molar-refractivity contribution in [2.75, 3.05) is 7.05 Å². The Morgan fingerprint density at radius 3 is 2.18 bits per heavy atom. The smallest absolute Gasteiger partial charge is 0.0351 e. The number of hydrogen-bond acceptors (Lipinski definition) is 1. The summed E-state index contributed by atoms with van der Waals surface area (Å²) < 4.78 is 0. The predicted molar refractivity (Wildman–Crippen MR) is 71.9 cm³/mol. The molecule has 0 saturated heterocycles. The third-order valence-electron chi connectivity index (χ3n) is 4.86. The number of benzene rings is 1. The molecule has 0 aliphatic heterocycles. The van der Waals surface area contributed by atoms with E-state index in [2.05, 4.69) is 43.6 Å². The van der Waals surface area contributed by atoms with Crippen LogP contribution in [-0.4, -0.2) is 7.05 Å². The van der Waals surface area contributed by atoms with Gasteiger partial charge >= 0.3 is 0 Å². The molecule has 3 rings (SSSR count). The Morgan fingerprint density at radius 2 is 1.65 bits per heavy atom. The zero-order valence-electron chi connectivity index (χ0n) is 10.9. The summed E-state index contributed by atoms with van der Waals surface area (Å²) in [5.74, 6) is 2.94. The highest BCUT2D eigenvalue weighted by molar-refractivity contribution is 5.27. The Labute approximate surface area is 105 Å². The second-order valence-corrected chi connectivity index (χ2v) is 5.87. The van der Waals surface area contributed by atoms with Gasteiger partial charge in [-0.15, -0.1) is 0 Å². The van der Waals surface area contributed by atoms with Gasteiger partial charge in [0.05, 0.1) is 0 Å². The number of rotatable bonds is 3. The Bertz CT molecular complexity index is 369. The second kappa shape index (κ2) is 4.45. The third-order valence-corrected chi connectivity index (χ3v) is 4.86. The van der Waals surface area contributed by atoms with E-state index in [0.29, 0.717) is 6.04 Å². The summed E-state index contributed by atoms with van der Waals surface area (Å²) in [7, 11) is 2.12. The first-order valence-electron chi connectivity index (χ1n) is 7.05. The van der Waals surface area contributed by atoms with Gasteiger partial charge < -0.3 is 5.32 Å². The van der Waals surface area contributed by atoms with E-state index in [-0.39, 0.29) is 0 Å². The molecule has 0 heterocycles. The number of hydrogen-bond donors (Lipinski definition) is 1. The summed E-state index contributed by atoms with van der Waals surface area (Å²) in [6.45, 7) is 2.16. The van der Waals surface area contributed by atoms with Crippen molar-refractivity contribution in [2.24, 2.45) is 17.8 Å². The molecule has 1 heteroatoms. The van der Waals surface area contributed by atoms with E-state index in [0.717, 1.165) is 17.8 Å². The van der Waals surface area contributed by atoms with Crippen molar-refractivity contribution < 1.29 is 0 Å². The standard InChI is InChI=1S/C16H23N/c1-11-7-9-12(10-8-11)16(17-2)15-13-5-3-4-6-14(13)15/h7-10,13-17H,3-6H2,1-2H3. The summed E-state index contributed by atoms with van der Waals surface area (Å²) in [6.07, 6.45) is 5.86. The van der Waals surface area contributed by atoms with Gasteiger partial charge in [0.2, 0.25) is 0 Å². The average Bonchev–Trinajstić information content (AvgIpc) is 3.07. The third kappa shape index (κ3) is 2.01. The van der Waals surface area contributed by atoms with Gasteiger partial charge in [-0.3, -0.25) is 0 Å². The van der Waals surface area contributed by atoms with Crippen LogP contribution in [0, 0.1) is 24.7 Å². The number of nitrogens with one attached hydrogen (secondary N) is 1. The van der Waals surface area contributed by atoms with Gasteiger partial charge in [-0.2, -0.15) is 0 Å². The first kappa shape index (κ1) is 11.3. The maximum absolute atomic E-state index is 3.56. The first-order valence-corrected chi connectivity index (χ1v) is 7.05. The van der Waals surface area contributed by atoms with Crippen molar-refractivity contribution in [1.29, 1.82) is 0 Å². The molecule has 0 amide bonds. The van der Waals surface area contributed by atoms with Crippen LogP contribution in [0.3, 0.4) is 0 Å². The molecule has 17 heavy (non-hydrogen) atoms. The van der Waals surface area contributed by atoms with Gasteiger partial charge in [0, 0.05) is 6.04 Å². The average molecular weight is 229 g/mol. The van der Waals surface area contributed by atoms with E-state index >= 15 is 0 Å². The van der Waals surface area contributed by atoms with E-state index in [9.17, 15) is 0 Å². The Hall–Kier alpha value is -0.820. The topological polar surface area (TPSA) is 12.0 Å². The number of aryl methyl sites for hydroxylation is 1. The lowest BCUT2D eigenvalue weighted by Gasteiger charge is -2.17. The van der Waals surface area contributed by atoms with Gasteiger partial charge in [-0.25, -0.2) is 0 Å². The van der Waals surface area contributed by atoms with Crippen molar-refractivity contribution in [3.05, 3.63) is 35.4 Å². The highest BCUT2D eigenvalue weighted by Crippen LogP contribution is 2.60. The molecule has 0 spiro atoms. The fourth-order valence-electron chi connectivity index (χ4n) is 3.90. The maximum atomic E-state index is 3.56. The van der Waals surface area contributed by atoms with Gasteiger partial charge in [-0.1, -0.05) is 42.7 Å². The molecule has 0 radical (unpaired) electrons. The minimum atomic E-state index is 0.587. The van der Waals surface area contributed by atoms with Crippen LogP contribution in [0.1, 0.15) is 42.9 Å². The van der Waals surface area contributed by atoms with Crippen LogP contribution >= 0.6 is 0 Å². The lowest BCUT2D eigenvalue weighted by atomic mass is 9.99. The molecule has 1 N–H and O–H groups in total. The van der Waals surface area contributed by atoms with E-state index in [1.165, 1.54) is 36.8 Å². The molecule has 2 fully saturated rings. The SMILES string of the molecule is CNC(c1ccc(C)cc1)C1C2CCCCC21. The van der Waals surface area contributed by atoms with Crippen LogP contribution in [0.25, 0.3) is 0 Å². The largest absolute Gasteiger partial charge is 0.313 e. The minimum absolute atomic E-state index is 0.587. The van der Waals surface area contributed by atoms with Gasteiger partial charge in [0.15, 0.2) is 0 Å². The van der Waals surface area contributed by atoms with E-state index in [1.54, 1.807) is 0 Å². The van der Waals surface area contributed by atoms with E-state index < -0.39 is 0 Å². The zero-order valence-corrected chi connectivity index (χ0v) is 10.9. The molecule has 0 aromatic heterocycles. The second-order valence-electron chi connectivity index (χ2n) is 5.87. The molecule has 92 valence electrons. The zero-order chi connectivity index (χ0) is 11.8. The van der Waals surface area contributed by atoms with Crippen LogP contribution in [0.5, 0.6) is 0 Å². The van der Waals surface area contributed by atoms with E-state index in [4.69, 9.17) is 0 Å². The molecule has 2 aliphatic rings. The monoisotopic (exact) mass is 229 g/mol. The van der Waals surface area contributed by atoms with Crippen LogP contribution in [-0.2, 0) is 0 Å². The lowest BCUT2D eigenvalue weighted by Crippen LogP contribution is -2.19. The molecule has 1 aromatic carbocycles. The molecule has 3 unspecified atom stereocenters. The molecule has 1 aromatic rings. The Morgan fingerprint density at radius 1 is 1.06 bits per heavy atom. The molecule has 0 bridgehead atoms. The normalized spacial score (nSPS) is 32.9. The summed E-state index contributed by atoms with van der Waals surface area (Å²) in [5, 5.41) is 3.56. The van der Waals surface area contributed by atoms with Gasteiger partial charge in [0.1, 0.15) is 0 Å². The summed E-state index contributed by atoms with van der Waals surface area (Å²) in [5.41, 5.74) is 2.84. The molecule has 2 saturated carbocycles. The van der Waals surface area contributed by atoms with Crippen molar-refractivity contribution in [3.63, 3.8) is 0 Å². The van der Waals surface area contributed by atoms with Crippen molar-refractivity contribution >= 4 is 0 Å². The predicted octanol–water partition coefficient (Wildman–Crippen LogP) is 3.69. The van der Waals surface area contributed by atoms with Gasteiger partial charge in [-0.05, 0) is 50.1 Å². The lowest BCUT2D eigenvalue weighted by molar-refractivity contribution is 0.480. The fraction of sp³-hybridized carbons (Fsp3) is 0.625. The highest BCUT2D eigenvalue weighted by Gasteiger charge is 2.53. The van der Waals surface area contributed by atoms with Crippen molar-refractivity contribution in [2.45, 2.75) is 38.6 Å². The maximum Gasteiger partial charge on any atom is 0.0351 e. The number of fused-ring (bicyclic) bond motifs is 1. The van der Waals surface area contributed by atoms with Crippen LogP contribution in [0.2, 0.25) is 0 Å². The fourth-order valence-corrected chi connectivity index (χ4v) is 3.90. The quantitative estimate of drug-likeness (QED) is 0.833. The van der Waals surface area contributed by atoms with Crippen LogP contribution in [0.4, 0.5) is 0 Å². The summed E-state index contributed by atoms with van der Waals surface area (Å²) >= 11 is 0. The molecule has 2 aliphatic carbocycles. The summed E-state index contributed by atoms with van der Waals surface area (Å²) in [4.78, 5) is 0. The Kier molecular flexibility index (Phi) is 2.96. The van der Waals surface area contributed by atoms with Crippen LogP contribution in [0.15, 0.2) is 24.3 Å². The summed E-state index contributed by atoms with van der Waals surface area (Å²) in [6, 6.07) is 9.68. The van der Waals surface area contributed by atoms with Crippen molar-refractivity contribution in [1.82, 2.24) is 5.32 Å². The molecule has 1 nitrogen and oxygen atoms in total. The minimum Gasteiger partial charge on any atom is -0.313 e. The van der Waals surface area contributed by atoms with Gasteiger partial charge in [0.25, 0.3) is 0 Å².